The summed E-state index contributed by atoms with van der Waals surface area (Å²) in [5.41, 5.74) is 0.817. The van der Waals surface area contributed by atoms with E-state index >= 15 is 0 Å². The lowest BCUT2D eigenvalue weighted by Gasteiger charge is -2.36. The van der Waals surface area contributed by atoms with Crippen molar-refractivity contribution in [2.24, 2.45) is 0 Å². The molecule has 1 N–H and O–H groups in total. The Labute approximate surface area is 188 Å². The van der Waals surface area contributed by atoms with Crippen molar-refractivity contribution in [1.82, 2.24) is 14.0 Å². The van der Waals surface area contributed by atoms with E-state index in [0.717, 1.165) is 37.6 Å². The molecule has 0 unspecified atom stereocenters. The van der Waals surface area contributed by atoms with Crippen molar-refractivity contribution in [3.8, 4) is 5.75 Å². The number of ether oxygens (including phenoxy) is 1. The zero-order valence-corrected chi connectivity index (χ0v) is 18.7. The minimum absolute atomic E-state index is 0.0409. The Morgan fingerprint density at radius 2 is 1.78 bits per heavy atom. The number of benzene rings is 1. The molecule has 0 radical (unpaired) electrons. The summed E-state index contributed by atoms with van der Waals surface area (Å²) < 4.78 is 8.59. The molecule has 3 heterocycles. The van der Waals surface area contributed by atoms with Gasteiger partial charge in [-0.3, -0.25) is 23.6 Å². The smallest absolute Gasteiger partial charge is 0.331 e. The Morgan fingerprint density at radius 3 is 2.50 bits per heavy atom. The molecule has 3 aromatic rings. The number of fused-ring (bicyclic) bond motifs is 1. The second-order valence-corrected chi connectivity index (χ2v) is 8.59. The summed E-state index contributed by atoms with van der Waals surface area (Å²) >= 11 is 1.28. The number of piperazine rings is 1. The Morgan fingerprint density at radius 1 is 1.03 bits per heavy atom. The highest BCUT2D eigenvalue weighted by Gasteiger charge is 2.21. The molecule has 1 saturated heterocycles. The normalized spacial score (nSPS) is 14.7. The summed E-state index contributed by atoms with van der Waals surface area (Å²) in [6, 6.07) is 9.64. The third-order valence-electron chi connectivity index (χ3n) is 5.82. The third-order valence-corrected chi connectivity index (χ3v) is 6.72. The Balaban J connectivity index is 1.46. The van der Waals surface area contributed by atoms with Gasteiger partial charge in [0, 0.05) is 45.8 Å². The highest BCUT2D eigenvalue weighted by Crippen LogP contribution is 2.28. The zero-order chi connectivity index (χ0) is 22.7. The first-order valence-electron chi connectivity index (χ1n) is 10.5. The largest absolute Gasteiger partial charge is 0.495 e. The second kappa shape index (κ2) is 9.58. The molecule has 1 fully saturated rings. The molecule has 0 bridgehead atoms. The van der Waals surface area contributed by atoms with E-state index in [-0.39, 0.29) is 25.1 Å². The molecule has 0 saturated carbocycles. The van der Waals surface area contributed by atoms with E-state index < -0.39 is 11.7 Å². The Hall–Kier alpha value is -3.11. The summed E-state index contributed by atoms with van der Waals surface area (Å²) in [5, 5.41) is 10.8. The van der Waals surface area contributed by atoms with Gasteiger partial charge in [-0.25, -0.2) is 4.79 Å². The number of aromatic nitrogens is 2. The van der Waals surface area contributed by atoms with Gasteiger partial charge in [0.1, 0.15) is 10.4 Å². The fraction of sp³-hybridized carbons (Fsp3) is 0.409. The number of methoxy groups -OCH3 is 1. The molecule has 10 heteroatoms. The number of nitrogens with zero attached hydrogens (tertiary/aromatic N) is 4. The minimum Gasteiger partial charge on any atom is -0.495 e. The third kappa shape index (κ3) is 4.42. The molecular formula is C22H26N4O5S. The van der Waals surface area contributed by atoms with Gasteiger partial charge in [0.15, 0.2) is 0 Å². The predicted molar refractivity (Wildman–Crippen MR) is 124 cm³/mol. The number of anilines is 1. The maximum atomic E-state index is 13.0. The molecule has 9 nitrogen and oxygen atoms in total. The maximum Gasteiger partial charge on any atom is 0.331 e. The van der Waals surface area contributed by atoms with Crippen molar-refractivity contribution in [3.63, 3.8) is 0 Å². The van der Waals surface area contributed by atoms with Crippen molar-refractivity contribution in [1.29, 1.82) is 0 Å². The van der Waals surface area contributed by atoms with Crippen molar-refractivity contribution < 1.29 is 14.6 Å². The van der Waals surface area contributed by atoms with Crippen molar-refractivity contribution in [2.75, 3.05) is 44.7 Å². The van der Waals surface area contributed by atoms with Crippen LogP contribution in [0.3, 0.4) is 0 Å². The molecule has 32 heavy (non-hydrogen) atoms. The maximum absolute atomic E-state index is 13.0. The van der Waals surface area contributed by atoms with Crippen LogP contribution >= 0.6 is 11.3 Å². The van der Waals surface area contributed by atoms with E-state index in [1.165, 1.54) is 20.5 Å². The summed E-state index contributed by atoms with van der Waals surface area (Å²) in [6.45, 7) is 4.14. The number of aliphatic carboxylic acids is 1. The fourth-order valence-electron chi connectivity index (χ4n) is 4.10. The van der Waals surface area contributed by atoms with E-state index in [0.29, 0.717) is 16.8 Å². The molecule has 0 amide bonds. The zero-order valence-electron chi connectivity index (χ0n) is 17.9. The number of carboxylic acid groups (broad SMARTS) is 1. The highest BCUT2D eigenvalue weighted by molar-refractivity contribution is 7.17. The quantitative estimate of drug-likeness (QED) is 0.547. The average Bonchev–Trinajstić information content (AvgIpc) is 3.29. The number of para-hydroxylation sites is 2. The lowest BCUT2D eigenvalue weighted by Crippen LogP contribution is -2.49. The number of carbonyl (C=O) groups is 1. The summed E-state index contributed by atoms with van der Waals surface area (Å²) in [7, 11) is 1.67. The van der Waals surface area contributed by atoms with Gasteiger partial charge in [0.05, 0.1) is 24.7 Å². The molecule has 1 aliphatic heterocycles. The molecule has 1 aromatic carbocycles. The van der Waals surface area contributed by atoms with Gasteiger partial charge in [0.25, 0.3) is 5.56 Å². The fourth-order valence-corrected chi connectivity index (χ4v) is 4.94. The number of aryl methyl sites for hydroxylation is 1. The molecule has 4 rings (SSSR count). The van der Waals surface area contributed by atoms with E-state index in [9.17, 15) is 14.4 Å². The Bertz CT molecular complexity index is 1220. The van der Waals surface area contributed by atoms with E-state index in [2.05, 4.69) is 9.80 Å². The number of carboxylic acids is 1. The summed E-state index contributed by atoms with van der Waals surface area (Å²) in [4.78, 5) is 41.4. The van der Waals surface area contributed by atoms with E-state index in [1.807, 2.05) is 24.3 Å². The van der Waals surface area contributed by atoms with E-state index in [4.69, 9.17) is 9.84 Å². The first-order chi connectivity index (χ1) is 15.5. The molecule has 0 spiro atoms. The van der Waals surface area contributed by atoms with Crippen LogP contribution in [-0.2, 0) is 17.9 Å². The monoisotopic (exact) mass is 458 g/mol. The van der Waals surface area contributed by atoms with Crippen LogP contribution in [0, 0.1) is 0 Å². The molecule has 170 valence electrons. The number of thiophene rings is 1. The number of hydrogen-bond acceptors (Lipinski definition) is 7. The highest BCUT2D eigenvalue weighted by atomic mass is 32.1. The molecule has 0 aliphatic carbocycles. The van der Waals surface area contributed by atoms with Crippen LogP contribution in [0.15, 0.2) is 45.3 Å². The van der Waals surface area contributed by atoms with Crippen LogP contribution in [0.1, 0.15) is 6.42 Å². The van der Waals surface area contributed by atoms with Crippen LogP contribution in [-0.4, -0.2) is 64.9 Å². The standard InChI is InChI=1S/C22H26N4O5S/c1-31-18-5-3-2-4-16(18)24-12-9-23(10-13-24)11-14-26-21(29)20-17(7-15-32-20)25(22(26)30)8-6-19(27)28/h2-5,7,15H,6,8-14H2,1H3,(H,27,28). The van der Waals surface area contributed by atoms with Crippen LogP contribution in [0.25, 0.3) is 10.2 Å². The average molecular weight is 459 g/mol. The second-order valence-electron chi connectivity index (χ2n) is 7.67. The van der Waals surface area contributed by atoms with Gasteiger partial charge in [-0.05, 0) is 23.6 Å². The van der Waals surface area contributed by atoms with Gasteiger partial charge in [0.2, 0.25) is 0 Å². The van der Waals surface area contributed by atoms with Crippen molar-refractivity contribution >= 4 is 33.2 Å². The van der Waals surface area contributed by atoms with Gasteiger partial charge < -0.3 is 14.7 Å². The topological polar surface area (TPSA) is 97.0 Å². The van der Waals surface area contributed by atoms with Gasteiger partial charge in [-0.1, -0.05) is 12.1 Å². The predicted octanol–water partition coefficient (Wildman–Crippen LogP) is 1.53. The van der Waals surface area contributed by atoms with Crippen LogP contribution < -0.4 is 20.9 Å². The van der Waals surface area contributed by atoms with Gasteiger partial charge >= 0.3 is 11.7 Å². The number of rotatable bonds is 8. The summed E-state index contributed by atoms with van der Waals surface area (Å²) in [6.07, 6.45) is -0.173. The summed E-state index contributed by atoms with van der Waals surface area (Å²) in [5.74, 6) is -0.135. The lowest BCUT2D eigenvalue weighted by atomic mass is 10.2. The first-order valence-corrected chi connectivity index (χ1v) is 11.4. The van der Waals surface area contributed by atoms with Gasteiger partial charge in [-0.15, -0.1) is 11.3 Å². The molecule has 1 aliphatic rings. The van der Waals surface area contributed by atoms with Crippen LogP contribution in [0.2, 0.25) is 0 Å². The van der Waals surface area contributed by atoms with Crippen LogP contribution in [0.4, 0.5) is 5.69 Å². The molecule has 0 atom stereocenters. The number of hydrogen-bond donors (Lipinski definition) is 1. The molecular weight excluding hydrogens is 432 g/mol. The minimum atomic E-state index is -0.981. The first kappa shape index (κ1) is 22.1. The van der Waals surface area contributed by atoms with E-state index in [1.54, 1.807) is 18.6 Å². The van der Waals surface area contributed by atoms with Crippen molar-refractivity contribution in [2.45, 2.75) is 19.5 Å². The van der Waals surface area contributed by atoms with Gasteiger partial charge in [-0.2, -0.15) is 0 Å². The Kier molecular flexibility index (Phi) is 6.61. The SMILES string of the molecule is COc1ccccc1N1CCN(CCn2c(=O)c3sccc3n(CCC(=O)O)c2=O)CC1. The molecule has 2 aromatic heterocycles. The van der Waals surface area contributed by atoms with Crippen molar-refractivity contribution in [3.05, 3.63) is 56.5 Å². The van der Waals surface area contributed by atoms with Crippen LogP contribution in [0.5, 0.6) is 5.75 Å². The lowest BCUT2D eigenvalue weighted by molar-refractivity contribution is -0.137.